The first-order valence-corrected chi connectivity index (χ1v) is 11.2. The Labute approximate surface area is 172 Å². The molecule has 9 heteroatoms. The number of nitrogens with one attached hydrogen (secondary N) is 2. The molecule has 3 heterocycles. The zero-order chi connectivity index (χ0) is 19.8. The highest BCUT2D eigenvalue weighted by Gasteiger charge is 2.16. The van der Waals surface area contributed by atoms with Gasteiger partial charge in [-0.3, -0.25) is 19.7 Å². The Morgan fingerprint density at radius 1 is 1.11 bits per heavy atom. The van der Waals surface area contributed by atoms with Gasteiger partial charge in [0.15, 0.2) is 5.13 Å². The number of hydrogen-bond acceptors (Lipinski definition) is 6. The van der Waals surface area contributed by atoms with Crippen LogP contribution < -0.4 is 10.6 Å². The minimum absolute atomic E-state index is 0.106. The van der Waals surface area contributed by atoms with Crippen LogP contribution in [-0.2, 0) is 16.0 Å². The van der Waals surface area contributed by atoms with E-state index in [0.717, 1.165) is 25.9 Å². The lowest BCUT2D eigenvalue weighted by Gasteiger charge is -2.20. The van der Waals surface area contributed by atoms with Crippen LogP contribution in [0.25, 0.3) is 0 Å². The maximum atomic E-state index is 12.2. The van der Waals surface area contributed by atoms with Gasteiger partial charge in [-0.1, -0.05) is 18.9 Å². The van der Waals surface area contributed by atoms with Gasteiger partial charge in [0.1, 0.15) is 0 Å². The monoisotopic (exact) mass is 420 g/mol. The Morgan fingerprint density at radius 3 is 2.61 bits per heavy atom. The lowest BCUT2D eigenvalue weighted by atomic mass is 10.2. The maximum absolute atomic E-state index is 12.2. The molecule has 0 bridgehead atoms. The van der Waals surface area contributed by atoms with Gasteiger partial charge in [0, 0.05) is 31.4 Å². The summed E-state index contributed by atoms with van der Waals surface area (Å²) in [6.07, 6.45) is 4.95. The van der Waals surface area contributed by atoms with E-state index >= 15 is 0 Å². The first-order valence-electron chi connectivity index (χ1n) is 9.45. The average Bonchev–Trinajstić information content (AvgIpc) is 3.28. The van der Waals surface area contributed by atoms with Crippen LogP contribution in [0.3, 0.4) is 0 Å². The lowest BCUT2D eigenvalue weighted by Crippen LogP contribution is -2.35. The smallest absolute Gasteiger partial charge is 0.267 e. The molecule has 0 aliphatic carbocycles. The molecule has 0 aromatic carbocycles. The average molecular weight is 421 g/mol. The van der Waals surface area contributed by atoms with Gasteiger partial charge in [0.2, 0.25) is 11.8 Å². The van der Waals surface area contributed by atoms with Crippen LogP contribution in [0.5, 0.6) is 0 Å². The molecule has 1 aliphatic rings. The molecule has 1 fully saturated rings. The Balaban J connectivity index is 1.38. The zero-order valence-electron chi connectivity index (χ0n) is 15.6. The molecule has 1 aliphatic heterocycles. The van der Waals surface area contributed by atoms with Crippen molar-refractivity contribution in [2.75, 3.05) is 25.0 Å². The van der Waals surface area contributed by atoms with E-state index in [1.807, 2.05) is 16.3 Å². The number of carbonyl (C=O) groups excluding carboxylic acids is 3. The number of amides is 3. The van der Waals surface area contributed by atoms with E-state index in [-0.39, 0.29) is 24.1 Å². The number of anilines is 1. The Morgan fingerprint density at radius 2 is 1.89 bits per heavy atom. The summed E-state index contributed by atoms with van der Waals surface area (Å²) in [6, 6.07) is 3.56. The summed E-state index contributed by atoms with van der Waals surface area (Å²) in [7, 11) is 0. The number of nitrogens with zero attached hydrogens (tertiary/aromatic N) is 2. The largest absolute Gasteiger partial charge is 0.355 e. The molecular weight excluding hydrogens is 396 g/mol. The van der Waals surface area contributed by atoms with E-state index in [2.05, 4.69) is 15.6 Å². The molecule has 2 aromatic rings. The van der Waals surface area contributed by atoms with Gasteiger partial charge < -0.3 is 10.2 Å². The predicted octanol–water partition coefficient (Wildman–Crippen LogP) is 2.91. The van der Waals surface area contributed by atoms with E-state index in [4.69, 9.17) is 0 Å². The van der Waals surface area contributed by atoms with Crippen LogP contribution in [0, 0.1) is 0 Å². The number of rotatable bonds is 7. The fourth-order valence-corrected chi connectivity index (χ4v) is 4.35. The first-order chi connectivity index (χ1) is 13.6. The van der Waals surface area contributed by atoms with Gasteiger partial charge in [-0.05, 0) is 24.3 Å². The summed E-state index contributed by atoms with van der Waals surface area (Å²) in [4.78, 5) is 43.1. The van der Waals surface area contributed by atoms with Crippen molar-refractivity contribution in [3.05, 3.63) is 33.5 Å². The molecule has 7 nitrogen and oxygen atoms in total. The van der Waals surface area contributed by atoms with Gasteiger partial charge in [-0.15, -0.1) is 22.7 Å². The fourth-order valence-electron chi connectivity index (χ4n) is 3.03. The fraction of sp³-hybridized carbons (Fsp3) is 0.474. The molecule has 1 saturated heterocycles. The van der Waals surface area contributed by atoms with Crippen molar-refractivity contribution >= 4 is 45.5 Å². The third-order valence-electron chi connectivity index (χ3n) is 4.48. The molecule has 2 aromatic heterocycles. The molecule has 0 spiro atoms. The van der Waals surface area contributed by atoms with Gasteiger partial charge in [-0.2, -0.15) is 0 Å². The molecule has 3 rings (SSSR count). The molecule has 28 heavy (non-hydrogen) atoms. The van der Waals surface area contributed by atoms with Crippen molar-refractivity contribution in [1.29, 1.82) is 0 Å². The highest BCUT2D eigenvalue weighted by atomic mass is 32.1. The lowest BCUT2D eigenvalue weighted by molar-refractivity contribution is -0.131. The third-order valence-corrected chi connectivity index (χ3v) is 6.15. The summed E-state index contributed by atoms with van der Waals surface area (Å²) < 4.78 is 0. The number of aromatic nitrogens is 1. The molecule has 2 N–H and O–H groups in total. The first kappa shape index (κ1) is 20.5. The van der Waals surface area contributed by atoms with Crippen LogP contribution in [-0.4, -0.2) is 47.2 Å². The number of likely N-dealkylation sites (tertiary alicyclic amines) is 1. The van der Waals surface area contributed by atoms with E-state index in [9.17, 15) is 14.4 Å². The van der Waals surface area contributed by atoms with E-state index in [0.29, 0.717) is 28.7 Å². The normalized spacial score (nSPS) is 14.4. The molecule has 0 unspecified atom stereocenters. The SMILES string of the molecule is O=C(Cc1csc(NC(=O)c2cccs2)n1)NCCC(=O)N1CCCCCC1. The standard InChI is InChI=1S/C19H24N4O3S2/c24-16(20-8-7-17(25)23-9-3-1-2-4-10-23)12-14-13-28-19(21-14)22-18(26)15-6-5-11-27-15/h5-6,11,13H,1-4,7-10,12H2,(H,20,24)(H,21,22,26). The topological polar surface area (TPSA) is 91.4 Å². The second-order valence-electron chi connectivity index (χ2n) is 6.65. The highest BCUT2D eigenvalue weighted by molar-refractivity contribution is 7.14. The van der Waals surface area contributed by atoms with Crippen molar-refractivity contribution in [3.8, 4) is 0 Å². The predicted molar refractivity (Wildman–Crippen MR) is 111 cm³/mol. The minimum Gasteiger partial charge on any atom is -0.355 e. The molecule has 0 saturated carbocycles. The van der Waals surface area contributed by atoms with Crippen molar-refractivity contribution in [1.82, 2.24) is 15.2 Å². The summed E-state index contributed by atoms with van der Waals surface area (Å²) in [5.74, 6) is -0.271. The number of thiophene rings is 1. The third kappa shape index (κ3) is 6.13. The highest BCUT2D eigenvalue weighted by Crippen LogP contribution is 2.18. The van der Waals surface area contributed by atoms with Crippen molar-refractivity contribution < 1.29 is 14.4 Å². The van der Waals surface area contributed by atoms with Crippen LogP contribution >= 0.6 is 22.7 Å². The Hall–Kier alpha value is -2.26. The minimum atomic E-state index is -0.202. The molecule has 0 radical (unpaired) electrons. The summed E-state index contributed by atoms with van der Waals surface area (Å²) in [5.41, 5.74) is 0.600. The van der Waals surface area contributed by atoms with Crippen LogP contribution in [0.4, 0.5) is 5.13 Å². The summed E-state index contributed by atoms with van der Waals surface area (Å²) in [5, 5.41) is 9.58. The molecular formula is C19H24N4O3S2. The van der Waals surface area contributed by atoms with Gasteiger partial charge in [0.25, 0.3) is 5.91 Å². The molecule has 3 amide bonds. The van der Waals surface area contributed by atoms with E-state index in [1.165, 1.54) is 35.5 Å². The second kappa shape index (κ2) is 10.3. The van der Waals surface area contributed by atoms with E-state index in [1.54, 1.807) is 11.4 Å². The summed E-state index contributed by atoms with van der Waals surface area (Å²) >= 11 is 2.65. The van der Waals surface area contributed by atoms with E-state index < -0.39 is 0 Å². The van der Waals surface area contributed by atoms with Crippen LogP contribution in [0.1, 0.15) is 47.5 Å². The van der Waals surface area contributed by atoms with Crippen molar-refractivity contribution in [2.24, 2.45) is 0 Å². The van der Waals surface area contributed by atoms with Crippen LogP contribution in [0.2, 0.25) is 0 Å². The van der Waals surface area contributed by atoms with Gasteiger partial charge in [-0.25, -0.2) is 4.98 Å². The molecule has 150 valence electrons. The maximum Gasteiger partial charge on any atom is 0.267 e. The number of carbonyl (C=O) groups is 3. The quantitative estimate of drug-likeness (QED) is 0.720. The number of hydrogen-bond donors (Lipinski definition) is 2. The van der Waals surface area contributed by atoms with Crippen LogP contribution in [0.15, 0.2) is 22.9 Å². The van der Waals surface area contributed by atoms with Gasteiger partial charge >= 0.3 is 0 Å². The Bertz CT molecular complexity index is 796. The summed E-state index contributed by atoms with van der Waals surface area (Å²) in [6.45, 7) is 1.98. The van der Waals surface area contributed by atoms with Gasteiger partial charge in [0.05, 0.1) is 17.0 Å². The second-order valence-corrected chi connectivity index (χ2v) is 8.45. The van der Waals surface area contributed by atoms with Crippen molar-refractivity contribution in [3.63, 3.8) is 0 Å². The van der Waals surface area contributed by atoms with Crippen molar-refractivity contribution in [2.45, 2.75) is 38.5 Å². The zero-order valence-corrected chi connectivity index (χ0v) is 17.2. The molecule has 0 atom stereocenters. The Kier molecular flexibility index (Phi) is 7.55. The number of thiazole rings is 1.